The Morgan fingerprint density at radius 1 is 1.08 bits per heavy atom. The third-order valence-electron chi connectivity index (χ3n) is 6.21. The lowest BCUT2D eigenvalue weighted by Crippen LogP contribution is -2.32. The van der Waals surface area contributed by atoms with E-state index >= 15 is 0 Å². The SMILES string of the molecule is CC1(c2ccccc2)C(=O)Nc2nc(-c3cn4ccnc4c(Oc4cc(F)cc(F)c4F)n3)nc(N)c21. The average molecular weight is 503 g/mol. The quantitative estimate of drug-likeness (QED) is 0.352. The van der Waals surface area contributed by atoms with E-state index in [9.17, 15) is 18.0 Å². The molecular formula is C25H16F3N7O2. The smallest absolute Gasteiger partial charge is 0.264 e. The van der Waals surface area contributed by atoms with Gasteiger partial charge in [0.05, 0.1) is 5.56 Å². The summed E-state index contributed by atoms with van der Waals surface area (Å²) >= 11 is 0. The molecule has 37 heavy (non-hydrogen) atoms. The van der Waals surface area contributed by atoms with E-state index < -0.39 is 28.6 Å². The molecule has 5 aromatic rings. The molecule has 3 aromatic heterocycles. The summed E-state index contributed by atoms with van der Waals surface area (Å²) in [6, 6.07) is 10.2. The fraction of sp³-hybridized carbons (Fsp3) is 0.0800. The van der Waals surface area contributed by atoms with Gasteiger partial charge in [0.25, 0.3) is 5.88 Å². The van der Waals surface area contributed by atoms with Crippen LogP contribution in [0.3, 0.4) is 0 Å². The highest BCUT2D eigenvalue weighted by molar-refractivity contribution is 6.09. The topological polar surface area (TPSA) is 120 Å². The van der Waals surface area contributed by atoms with Crippen molar-refractivity contribution in [2.45, 2.75) is 12.3 Å². The number of benzene rings is 2. The summed E-state index contributed by atoms with van der Waals surface area (Å²) in [5.74, 6) is -4.84. The molecule has 1 aliphatic heterocycles. The highest BCUT2D eigenvalue weighted by Crippen LogP contribution is 2.45. The Kier molecular flexibility index (Phi) is 4.87. The van der Waals surface area contributed by atoms with Gasteiger partial charge in [-0.05, 0) is 12.5 Å². The molecule has 0 bridgehead atoms. The fourth-order valence-corrected chi connectivity index (χ4v) is 4.36. The fourth-order valence-electron chi connectivity index (χ4n) is 4.36. The van der Waals surface area contributed by atoms with Gasteiger partial charge >= 0.3 is 0 Å². The average Bonchev–Trinajstić information content (AvgIpc) is 3.45. The number of nitrogens with two attached hydrogens (primary N) is 1. The predicted molar refractivity (Wildman–Crippen MR) is 126 cm³/mol. The molecular weight excluding hydrogens is 487 g/mol. The second-order valence-electron chi connectivity index (χ2n) is 8.49. The third-order valence-corrected chi connectivity index (χ3v) is 6.21. The summed E-state index contributed by atoms with van der Waals surface area (Å²) in [6.45, 7) is 1.73. The molecule has 0 saturated carbocycles. The Morgan fingerprint density at radius 3 is 2.65 bits per heavy atom. The Hall–Kier alpha value is -5.00. The summed E-state index contributed by atoms with van der Waals surface area (Å²) < 4.78 is 48.6. The predicted octanol–water partition coefficient (Wildman–Crippen LogP) is 4.24. The molecule has 1 unspecified atom stereocenters. The summed E-state index contributed by atoms with van der Waals surface area (Å²) in [4.78, 5) is 30.3. The van der Waals surface area contributed by atoms with Crippen LogP contribution in [0.1, 0.15) is 18.1 Å². The first kappa shape index (κ1) is 22.5. The molecule has 1 aliphatic rings. The number of hydrogen-bond acceptors (Lipinski definition) is 7. The van der Waals surface area contributed by atoms with Crippen LogP contribution in [-0.2, 0) is 10.2 Å². The van der Waals surface area contributed by atoms with E-state index in [1.807, 2.05) is 30.3 Å². The van der Waals surface area contributed by atoms with Gasteiger partial charge in [-0.1, -0.05) is 30.3 Å². The van der Waals surface area contributed by atoms with Crippen LogP contribution in [0.2, 0.25) is 0 Å². The molecule has 2 aromatic carbocycles. The zero-order chi connectivity index (χ0) is 25.9. The number of amides is 1. The van der Waals surface area contributed by atoms with Gasteiger partial charge in [0.1, 0.15) is 28.6 Å². The number of nitrogens with one attached hydrogen (secondary N) is 1. The second-order valence-corrected chi connectivity index (χ2v) is 8.49. The molecule has 1 atom stereocenters. The van der Waals surface area contributed by atoms with Crippen LogP contribution < -0.4 is 15.8 Å². The highest BCUT2D eigenvalue weighted by Gasteiger charge is 2.47. The zero-order valence-electron chi connectivity index (χ0n) is 19.0. The first-order valence-corrected chi connectivity index (χ1v) is 11.0. The minimum Gasteiger partial charge on any atom is -0.433 e. The van der Waals surface area contributed by atoms with Gasteiger partial charge in [0.2, 0.25) is 17.4 Å². The Balaban J connectivity index is 1.47. The van der Waals surface area contributed by atoms with Gasteiger partial charge in [0, 0.05) is 30.7 Å². The number of hydrogen-bond donors (Lipinski definition) is 2. The molecule has 3 N–H and O–H groups in total. The van der Waals surface area contributed by atoms with Crippen molar-refractivity contribution in [3.8, 4) is 23.1 Å². The molecule has 9 nitrogen and oxygen atoms in total. The van der Waals surface area contributed by atoms with E-state index in [0.717, 1.165) is 0 Å². The van der Waals surface area contributed by atoms with Crippen molar-refractivity contribution < 1.29 is 22.7 Å². The van der Waals surface area contributed by atoms with Crippen LogP contribution in [0.4, 0.5) is 24.8 Å². The van der Waals surface area contributed by atoms with E-state index in [2.05, 4.69) is 25.3 Å². The highest BCUT2D eigenvalue weighted by atomic mass is 19.2. The molecule has 0 spiro atoms. The van der Waals surface area contributed by atoms with Crippen LogP contribution in [0, 0.1) is 17.5 Å². The van der Waals surface area contributed by atoms with Crippen molar-refractivity contribution in [1.82, 2.24) is 24.3 Å². The summed E-state index contributed by atoms with van der Waals surface area (Å²) in [5.41, 5.74) is 6.62. The molecule has 6 rings (SSSR count). The third kappa shape index (κ3) is 3.44. The van der Waals surface area contributed by atoms with Gasteiger partial charge in [0.15, 0.2) is 17.4 Å². The lowest BCUT2D eigenvalue weighted by Gasteiger charge is -2.23. The lowest BCUT2D eigenvalue weighted by molar-refractivity contribution is -0.119. The normalized spacial score (nSPS) is 16.6. The molecule has 4 heterocycles. The summed E-state index contributed by atoms with van der Waals surface area (Å²) in [6.07, 6.45) is 4.51. The molecule has 1 amide bonds. The van der Waals surface area contributed by atoms with Crippen LogP contribution in [0.15, 0.2) is 61.1 Å². The van der Waals surface area contributed by atoms with Crippen molar-refractivity contribution in [3.05, 3.63) is 89.6 Å². The maximum Gasteiger partial charge on any atom is 0.264 e. The molecule has 0 fully saturated rings. The van der Waals surface area contributed by atoms with Gasteiger partial charge in [-0.3, -0.25) is 4.79 Å². The van der Waals surface area contributed by atoms with Gasteiger partial charge in [-0.15, -0.1) is 0 Å². The van der Waals surface area contributed by atoms with E-state index in [4.69, 9.17) is 10.5 Å². The van der Waals surface area contributed by atoms with Crippen LogP contribution in [0.25, 0.3) is 17.2 Å². The Labute approximate surface area is 206 Å². The molecule has 0 saturated heterocycles. The number of imidazole rings is 1. The number of carbonyl (C=O) groups excluding carboxylic acids is 1. The summed E-state index contributed by atoms with van der Waals surface area (Å²) in [5, 5.41) is 2.76. The number of aromatic nitrogens is 5. The van der Waals surface area contributed by atoms with Crippen LogP contribution in [0.5, 0.6) is 11.6 Å². The molecule has 184 valence electrons. The first-order valence-electron chi connectivity index (χ1n) is 11.0. The number of nitrogen functional groups attached to an aromatic ring is 1. The van der Waals surface area contributed by atoms with Crippen molar-refractivity contribution in [3.63, 3.8) is 0 Å². The van der Waals surface area contributed by atoms with Gasteiger partial charge in [-0.25, -0.2) is 28.7 Å². The number of halogens is 3. The Bertz CT molecular complexity index is 1730. The summed E-state index contributed by atoms with van der Waals surface area (Å²) in [7, 11) is 0. The van der Waals surface area contributed by atoms with E-state index in [1.165, 1.54) is 16.8 Å². The van der Waals surface area contributed by atoms with Gasteiger partial charge in [-0.2, -0.15) is 4.39 Å². The number of ether oxygens (including phenoxy) is 1. The standard InChI is InChI=1S/C25H16F3N7O2/c1-25(12-5-3-2-4-6-12)17-19(29)32-20(33-21(17)34-24(25)36)15-11-35-8-7-30-22(35)23(31-15)37-16-10-13(26)9-14(27)18(16)28/h2-11H,1H3,(H3,29,32,33,34,36). The molecule has 0 radical (unpaired) electrons. The maximum absolute atomic E-state index is 14.3. The minimum atomic E-state index is -1.42. The van der Waals surface area contributed by atoms with E-state index in [-0.39, 0.29) is 40.6 Å². The van der Waals surface area contributed by atoms with E-state index in [0.29, 0.717) is 23.3 Å². The number of rotatable bonds is 4. The van der Waals surface area contributed by atoms with Crippen molar-refractivity contribution in [2.24, 2.45) is 0 Å². The Morgan fingerprint density at radius 2 is 1.86 bits per heavy atom. The van der Waals surface area contributed by atoms with Crippen LogP contribution in [-0.4, -0.2) is 30.2 Å². The van der Waals surface area contributed by atoms with Crippen LogP contribution >= 0.6 is 0 Å². The van der Waals surface area contributed by atoms with Crippen molar-refractivity contribution >= 4 is 23.2 Å². The van der Waals surface area contributed by atoms with Crippen molar-refractivity contribution in [2.75, 3.05) is 11.1 Å². The number of carbonyl (C=O) groups is 1. The monoisotopic (exact) mass is 503 g/mol. The van der Waals surface area contributed by atoms with Crippen molar-refractivity contribution in [1.29, 1.82) is 0 Å². The zero-order valence-corrected chi connectivity index (χ0v) is 19.0. The maximum atomic E-state index is 14.3. The second kappa shape index (κ2) is 8.01. The lowest BCUT2D eigenvalue weighted by atomic mass is 9.78. The minimum absolute atomic E-state index is 0.0280. The largest absolute Gasteiger partial charge is 0.433 e. The van der Waals surface area contributed by atoms with Gasteiger partial charge < -0.3 is 20.2 Å². The molecule has 0 aliphatic carbocycles. The number of fused-ring (bicyclic) bond motifs is 2. The van der Waals surface area contributed by atoms with E-state index in [1.54, 1.807) is 13.1 Å². The number of nitrogens with zero attached hydrogens (tertiary/aromatic N) is 5. The molecule has 12 heteroatoms. The first-order chi connectivity index (χ1) is 17.8. The number of anilines is 2.